The van der Waals surface area contributed by atoms with E-state index in [9.17, 15) is 18.0 Å². The number of carbonyl (C=O) groups is 1. The lowest BCUT2D eigenvalue weighted by molar-refractivity contribution is 0.0724. The first-order chi connectivity index (χ1) is 11.5. The fraction of sp³-hybridized carbons (Fsp3) is 0.222. The summed E-state index contributed by atoms with van der Waals surface area (Å²) in [5, 5.41) is 8.63. The molecule has 2 aromatic carbocycles. The van der Waals surface area contributed by atoms with Crippen molar-refractivity contribution in [2.75, 3.05) is 0 Å². The lowest BCUT2D eigenvalue weighted by Gasteiger charge is -2.09. The summed E-state index contributed by atoms with van der Waals surface area (Å²) in [4.78, 5) is 12.0. The van der Waals surface area contributed by atoms with Crippen LogP contribution in [0.25, 0.3) is 0 Å². The zero-order valence-electron chi connectivity index (χ0n) is 12.9. The topological polar surface area (TPSA) is 50.1 Å². The Morgan fingerprint density at radius 3 is 2.33 bits per heavy atom. The van der Waals surface area contributed by atoms with Gasteiger partial charge < -0.3 is 4.74 Å². The summed E-state index contributed by atoms with van der Waals surface area (Å²) < 4.78 is 46.3. The largest absolute Gasteiger partial charge is 0.423 e. The zero-order chi connectivity index (χ0) is 17.7. The molecule has 0 aliphatic heterocycles. The number of ether oxygens (including phenoxy) is 1. The molecule has 124 valence electrons. The van der Waals surface area contributed by atoms with Crippen LogP contribution in [0.5, 0.6) is 5.75 Å². The molecule has 0 amide bonds. The Morgan fingerprint density at radius 1 is 1.12 bits per heavy atom. The molecule has 24 heavy (non-hydrogen) atoms. The molecule has 0 N–H and O–H groups in total. The van der Waals surface area contributed by atoms with Gasteiger partial charge in [-0.25, -0.2) is 18.0 Å². The van der Waals surface area contributed by atoms with Crippen molar-refractivity contribution in [2.24, 2.45) is 0 Å². The monoisotopic (exact) mass is 333 g/mol. The second-order valence-corrected chi connectivity index (χ2v) is 5.18. The van der Waals surface area contributed by atoms with Gasteiger partial charge in [-0.15, -0.1) is 0 Å². The van der Waals surface area contributed by atoms with Crippen molar-refractivity contribution >= 4 is 5.97 Å². The fourth-order valence-electron chi connectivity index (χ4n) is 2.15. The number of nitrogens with zero attached hydrogens (tertiary/aromatic N) is 1. The molecule has 3 nitrogen and oxygen atoms in total. The second kappa shape index (κ2) is 7.64. The molecule has 0 saturated carbocycles. The van der Waals surface area contributed by atoms with E-state index < -0.39 is 29.0 Å². The van der Waals surface area contributed by atoms with Gasteiger partial charge in [-0.2, -0.15) is 5.26 Å². The average Bonchev–Trinajstić information content (AvgIpc) is 2.52. The van der Waals surface area contributed by atoms with Gasteiger partial charge >= 0.3 is 5.97 Å². The Balaban J connectivity index is 2.24. The van der Waals surface area contributed by atoms with Crippen molar-refractivity contribution in [3.8, 4) is 11.8 Å². The first-order valence-corrected chi connectivity index (χ1v) is 7.36. The molecule has 2 aromatic rings. The van der Waals surface area contributed by atoms with Crippen LogP contribution >= 0.6 is 0 Å². The summed E-state index contributed by atoms with van der Waals surface area (Å²) in [5.74, 6) is -4.46. The van der Waals surface area contributed by atoms with Crippen LogP contribution in [-0.2, 0) is 6.42 Å². The molecule has 0 saturated heterocycles. The maximum atomic E-state index is 14.0. The summed E-state index contributed by atoms with van der Waals surface area (Å²) in [5.41, 5.74) is -0.611. The maximum absolute atomic E-state index is 14.0. The minimum atomic E-state index is -1.27. The minimum absolute atomic E-state index is 0.229. The highest BCUT2D eigenvalue weighted by atomic mass is 19.1. The Bertz CT molecular complexity index is 789. The molecule has 0 unspecified atom stereocenters. The minimum Gasteiger partial charge on any atom is -0.423 e. The molecule has 0 aromatic heterocycles. The number of benzene rings is 2. The Morgan fingerprint density at radius 2 is 1.79 bits per heavy atom. The smallest absolute Gasteiger partial charge is 0.349 e. The van der Waals surface area contributed by atoms with Crippen molar-refractivity contribution in [2.45, 2.75) is 26.2 Å². The van der Waals surface area contributed by atoms with Crippen molar-refractivity contribution in [1.29, 1.82) is 5.26 Å². The SMILES string of the molecule is CCCCc1cc(F)c(C(=O)Oc2ccc(C#N)c(F)c2)c(F)c1. The van der Waals surface area contributed by atoms with E-state index in [1.165, 1.54) is 6.07 Å². The number of carbonyl (C=O) groups excluding carboxylic acids is 1. The molecule has 0 bridgehead atoms. The van der Waals surface area contributed by atoms with Crippen LogP contribution in [0.15, 0.2) is 30.3 Å². The van der Waals surface area contributed by atoms with Gasteiger partial charge in [0.25, 0.3) is 0 Å². The van der Waals surface area contributed by atoms with E-state index in [0.29, 0.717) is 12.0 Å². The van der Waals surface area contributed by atoms with Crippen molar-refractivity contribution in [1.82, 2.24) is 0 Å². The van der Waals surface area contributed by atoms with Crippen LogP contribution in [-0.4, -0.2) is 5.97 Å². The van der Waals surface area contributed by atoms with Gasteiger partial charge in [-0.3, -0.25) is 0 Å². The summed E-state index contributed by atoms with van der Waals surface area (Å²) in [6, 6.07) is 6.89. The van der Waals surface area contributed by atoms with E-state index in [1.807, 2.05) is 6.92 Å². The molecule has 0 spiro atoms. The molecule has 0 fully saturated rings. The normalized spacial score (nSPS) is 10.3. The molecule has 0 radical (unpaired) electrons. The van der Waals surface area contributed by atoms with Crippen LogP contribution in [0.1, 0.15) is 41.3 Å². The first-order valence-electron chi connectivity index (χ1n) is 7.36. The van der Waals surface area contributed by atoms with Crippen LogP contribution < -0.4 is 4.74 Å². The lowest BCUT2D eigenvalue weighted by atomic mass is 10.1. The number of nitriles is 1. The zero-order valence-corrected chi connectivity index (χ0v) is 12.9. The lowest BCUT2D eigenvalue weighted by Crippen LogP contribution is -2.14. The van der Waals surface area contributed by atoms with Gasteiger partial charge in [-0.1, -0.05) is 13.3 Å². The van der Waals surface area contributed by atoms with Gasteiger partial charge in [0.1, 0.15) is 34.8 Å². The third-order valence-corrected chi connectivity index (χ3v) is 3.40. The number of halogens is 3. The maximum Gasteiger partial charge on any atom is 0.349 e. The molecular weight excluding hydrogens is 319 g/mol. The molecule has 6 heteroatoms. The van der Waals surface area contributed by atoms with Crippen LogP contribution in [0, 0.1) is 28.8 Å². The van der Waals surface area contributed by atoms with Gasteiger partial charge in [0.2, 0.25) is 0 Å². The van der Waals surface area contributed by atoms with Gasteiger partial charge in [0, 0.05) is 6.07 Å². The Kier molecular flexibility index (Phi) is 5.59. The predicted octanol–water partition coefficient (Wildman–Crippen LogP) is 4.54. The molecule has 2 rings (SSSR count). The van der Waals surface area contributed by atoms with Crippen molar-refractivity contribution in [3.63, 3.8) is 0 Å². The predicted molar refractivity (Wildman–Crippen MR) is 81.0 cm³/mol. The number of unbranched alkanes of at least 4 members (excludes halogenated alkanes) is 1. The number of hydrogen-bond acceptors (Lipinski definition) is 3. The molecule has 0 aliphatic rings. The highest BCUT2D eigenvalue weighted by Gasteiger charge is 2.21. The van der Waals surface area contributed by atoms with Crippen LogP contribution in [0.4, 0.5) is 13.2 Å². The quantitative estimate of drug-likeness (QED) is 0.596. The third-order valence-electron chi connectivity index (χ3n) is 3.40. The second-order valence-electron chi connectivity index (χ2n) is 5.18. The number of rotatable bonds is 5. The van der Waals surface area contributed by atoms with E-state index in [4.69, 9.17) is 10.00 Å². The Labute approximate surface area is 137 Å². The standard InChI is InChI=1S/C18H14F3NO2/c1-2-3-4-11-7-15(20)17(16(21)8-11)18(23)24-13-6-5-12(10-22)14(19)9-13/h5-9H,2-4H2,1H3. The molecule has 0 atom stereocenters. The highest BCUT2D eigenvalue weighted by molar-refractivity contribution is 5.91. The van der Waals surface area contributed by atoms with Crippen LogP contribution in [0.3, 0.4) is 0 Å². The number of esters is 1. The number of hydrogen-bond donors (Lipinski definition) is 0. The Hall–Kier alpha value is -2.81. The van der Waals surface area contributed by atoms with Gasteiger partial charge in [0.05, 0.1) is 5.56 Å². The van der Waals surface area contributed by atoms with Gasteiger partial charge in [-0.05, 0) is 42.7 Å². The molecule has 0 heterocycles. The van der Waals surface area contributed by atoms with Gasteiger partial charge in [0.15, 0.2) is 0 Å². The third kappa shape index (κ3) is 3.93. The first kappa shape index (κ1) is 17.5. The van der Waals surface area contributed by atoms with Crippen LogP contribution in [0.2, 0.25) is 0 Å². The highest BCUT2D eigenvalue weighted by Crippen LogP contribution is 2.21. The summed E-state index contributed by atoms with van der Waals surface area (Å²) in [7, 11) is 0. The van der Waals surface area contributed by atoms with E-state index in [0.717, 1.165) is 37.1 Å². The average molecular weight is 333 g/mol. The van der Waals surface area contributed by atoms with E-state index in [-0.39, 0.29) is 11.3 Å². The summed E-state index contributed by atoms with van der Waals surface area (Å²) in [6.07, 6.45) is 2.14. The van der Waals surface area contributed by atoms with Crippen molar-refractivity contribution in [3.05, 3.63) is 64.5 Å². The van der Waals surface area contributed by atoms with E-state index in [2.05, 4.69) is 0 Å². The summed E-state index contributed by atoms with van der Waals surface area (Å²) >= 11 is 0. The van der Waals surface area contributed by atoms with Crippen molar-refractivity contribution < 1.29 is 22.7 Å². The van der Waals surface area contributed by atoms with E-state index in [1.54, 1.807) is 6.07 Å². The molecule has 0 aliphatic carbocycles. The molecular formula is C18H14F3NO2. The fourth-order valence-corrected chi connectivity index (χ4v) is 2.15. The number of aryl methyl sites for hydroxylation is 1. The summed E-state index contributed by atoms with van der Waals surface area (Å²) in [6.45, 7) is 1.95. The van der Waals surface area contributed by atoms with E-state index >= 15 is 0 Å².